The molecular formula is C12H10FNO3. The molecule has 0 fully saturated rings. The molecule has 1 aromatic carbocycles. The molecule has 0 unspecified atom stereocenters. The molecule has 5 heteroatoms. The Bertz CT molecular complexity index is 519. The van der Waals surface area contributed by atoms with Crippen LogP contribution in [-0.4, -0.2) is 11.1 Å². The standard InChI is InChI=1S/C12H10FNO3/c13-9-1-3-10(4-2-9)14-7-8-5-6-17-11(8)12(15)16/h1-6,14H,7H2,(H,15,16). The van der Waals surface area contributed by atoms with Crippen molar-refractivity contribution in [3.05, 3.63) is 53.7 Å². The number of hydrogen-bond donors (Lipinski definition) is 2. The average molecular weight is 235 g/mol. The summed E-state index contributed by atoms with van der Waals surface area (Å²) in [5.41, 5.74) is 1.26. The second-order valence-electron chi connectivity index (χ2n) is 3.44. The van der Waals surface area contributed by atoms with Gasteiger partial charge in [0, 0.05) is 17.8 Å². The van der Waals surface area contributed by atoms with Crippen LogP contribution in [0.2, 0.25) is 0 Å². The Hall–Kier alpha value is -2.30. The summed E-state index contributed by atoms with van der Waals surface area (Å²) in [5.74, 6) is -1.50. The van der Waals surface area contributed by atoms with E-state index >= 15 is 0 Å². The Kier molecular flexibility index (Phi) is 3.09. The molecule has 0 atom stereocenters. The highest BCUT2D eigenvalue weighted by atomic mass is 19.1. The van der Waals surface area contributed by atoms with Crippen LogP contribution < -0.4 is 5.32 Å². The third-order valence-corrected chi connectivity index (χ3v) is 2.27. The number of hydrogen-bond acceptors (Lipinski definition) is 3. The minimum Gasteiger partial charge on any atom is -0.475 e. The lowest BCUT2D eigenvalue weighted by Crippen LogP contribution is -2.04. The van der Waals surface area contributed by atoms with E-state index in [2.05, 4.69) is 5.32 Å². The van der Waals surface area contributed by atoms with Gasteiger partial charge in [-0.1, -0.05) is 0 Å². The zero-order chi connectivity index (χ0) is 12.3. The molecule has 0 saturated heterocycles. The van der Waals surface area contributed by atoms with Gasteiger partial charge in [-0.15, -0.1) is 0 Å². The molecule has 0 aliphatic carbocycles. The number of benzene rings is 1. The Morgan fingerprint density at radius 1 is 1.29 bits per heavy atom. The van der Waals surface area contributed by atoms with E-state index in [4.69, 9.17) is 9.52 Å². The van der Waals surface area contributed by atoms with Gasteiger partial charge in [-0.25, -0.2) is 9.18 Å². The number of nitrogens with one attached hydrogen (secondary N) is 1. The van der Waals surface area contributed by atoms with Crippen LogP contribution in [0, 0.1) is 5.82 Å². The number of carboxylic acid groups (broad SMARTS) is 1. The Morgan fingerprint density at radius 2 is 2.00 bits per heavy atom. The van der Waals surface area contributed by atoms with E-state index in [9.17, 15) is 9.18 Å². The van der Waals surface area contributed by atoms with Crippen LogP contribution >= 0.6 is 0 Å². The fraction of sp³-hybridized carbons (Fsp3) is 0.0833. The average Bonchev–Trinajstić information content (AvgIpc) is 2.76. The molecule has 88 valence electrons. The monoisotopic (exact) mass is 235 g/mol. The van der Waals surface area contributed by atoms with E-state index in [0.717, 1.165) is 0 Å². The van der Waals surface area contributed by atoms with Crippen LogP contribution in [0.4, 0.5) is 10.1 Å². The van der Waals surface area contributed by atoms with E-state index in [-0.39, 0.29) is 11.6 Å². The SMILES string of the molecule is O=C(O)c1occc1CNc1ccc(F)cc1. The van der Waals surface area contributed by atoms with Gasteiger partial charge in [0.15, 0.2) is 0 Å². The number of carbonyl (C=O) groups is 1. The third kappa shape index (κ3) is 2.63. The molecule has 2 N–H and O–H groups in total. The van der Waals surface area contributed by atoms with Gasteiger partial charge in [0.25, 0.3) is 0 Å². The minimum atomic E-state index is -1.11. The molecule has 0 aliphatic heterocycles. The van der Waals surface area contributed by atoms with E-state index in [1.807, 2.05) is 0 Å². The fourth-order valence-electron chi connectivity index (χ4n) is 1.43. The summed E-state index contributed by atoms with van der Waals surface area (Å²) >= 11 is 0. The van der Waals surface area contributed by atoms with Crippen LogP contribution in [0.1, 0.15) is 16.1 Å². The normalized spacial score (nSPS) is 10.2. The molecule has 2 rings (SSSR count). The number of furan rings is 1. The van der Waals surface area contributed by atoms with Gasteiger partial charge < -0.3 is 14.8 Å². The molecule has 4 nitrogen and oxygen atoms in total. The van der Waals surface area contributed by atoms with Gasteiger partial charge >= 0.3 is 5.97 Å². The maximum atomic E-state index is 12.6. The molecule has 1 aromatic heterocycles. The quantitative estimate of drug-likeness (QED) is 0.855. The summed E-state index contributed by atoms with van der Waals surface area (Å²) in [5, 5.41) is 11.8. The molecule has 1 heterocycles. The Labute approximate surface area is 96.7 Å². The molecule has 0 spiro atoms. The number of carboxylic acids is 1. The lowest BCUT2D eigenvalue weighted by atomic mass is 10.2. The zero-order valence-corrected chi connectivity index (χ0v) is 8.81. The summed E-state index contributed by atoms with van der Waals surface area (Å²) in [6, 6.07) is 7.40. The smallest absolute Gasteiger partial charge is 0.372 e. The first kappa shape index (κ1) is 11.2. The predicted octanol–water partition coefficient (Wildman–Crippen LogP) is 2.73. The van der Waals surface area contributed by atoms with Crippen molar-refractivity contribution in [2.75, 3.05) is 5.32 Å². The first-order chi connectivity index (χ1) is 8.16. The number of halogens is 1. The topological polar surface area (TPSA) is 62.5 Å². The summed E-state index contributed by atoms with van der Waals surface area (Å²) in [6.45, 7) is 0.309. The van der Waals surface area contributed by atoms with Crippen molar-refractivity contribution >= 4 is 11.7 Å². The van der Waals surface area contributed by atoms with Gasteiger partial charge in [0.2, 0.25) is 5.76 Å². The van der Waals surface area contributed by atoms with Crippen molar-refractivity contribution in [2.45, 2.75) is 6.54 Å². The van der Waals surface area contributed by atoms with Gasteiger partial charge in [-0.2, -0.15) is 0 Å². The number of rotatable bonds is 4. The molecular weight excluding hydrogens is 225 g/mol. The second kappa shape index (κ2) is 4.69. The zero-order valence-electron chi connectivity index (χ0n) is 8.81. The van der Waals surface area contributed by atoms with E-state index < -0.39 is 5.97 Å². The fourth-order valence-corrected chi connectivity index (χ4v) is 1.43. The molecule has 17 heavy (non-hydrogen) atoms. The van der Waals surface area contributed by atoms with E-state index in [1.54, 1.807) is 18.2 Å². The third-order valence-electron chi connectivity index (χ3n) is 2.27. The van der Waals surface area contributed by atoms with Gasteiger partial charge in [-0.05, 0) is 30.3 Å². The van der Waals surface area contributed by atoms with Crippen LogP contribution in [0.25, 0.3) is 0 Å². The molecule has 0 saturated carbocycles. The van der Waals surface area contributed by atoms with Crippen molar-refractivity contribution in [1.82, 2.24) is 0 Å². The maximum absolute atomic E-state index is 12.6. The van der Waals surface area contributed by atoms with Gasteiger partial charge in [0.1, 0.15) is 5.82 Å². The highest BCUT2D eigenvalue weighted by Crippen LogP contribution is 2.14. The van der Waals surface area contributed by atoms with Crippen molar-refractivity contribution in [2.24, 2.45) is 0 Å². The van der Waals surface area contributed by atoms with Gasteiger partial charge in [-0.3, -0.25) is 0 Å². The summed E-state index contributed by atoms with van der Waals surface area (Å²) in [7, 11) is 0. The van der Waals surface area contributed by atoms with Crippen molar-refractivity contribution in [3.8, 4) is 0 Å². The first-order valence-electron chi connectivity index (χ1n) is 4.96. The lowest BCUT2D eigenvalue weighted by molar-refractivity contribution is 0.0661. The second-order valence-corrected chi connectivity index (χ2v) is 3.44. The molecule has 2 aromatic rings. The van der Waals surface area contributed by atoms with Crippen molar-refractivity contribution in [3.63, 3.8) is 0 Å². The van der Waals surface area contributed by atoms with Crippen LogP contribution in [0.3, 0.4) is 0 Å². The maximum Gasteiger partial charge on any atom is 0.372 e. The van der Waals surface area contributed by atoms with Crippen molar-refractivity contribution in [1.29, 1.82) is 0 Å². The number of anilines is 1. The van der Waals surface area contributed by atoms with Crippen molar-refractivity contribution < 1.29 is 18.7 Å². The minimum absolute atomic E-state index is 0.0837. The summed E-state index contributed by atoms with van der Waals surface area (Å²) in [6.07, 6.45) is 1.32. The Balaban J connectivity index is 2.05. The van der Waals surface area contributed by atoms with Crippen LogP contribution in [0.15, 0.2) is 41.0 Å². The van der Waals surface area contributed by atoms with Gasteiger partial charge in [0.05, 0.1) is 6.26 Å². The largest absolute Gasteiger partial charge is 0.475 e. The van der Waals surface area contributed by atoms with Crippen LogP contribution in [0.5, 0.6) is 0 Å². The summed E-state index contributed by atoms with van der Waals surface area (Å²) < 4.78 is 17.5. The highest BCUT2D eigenvalue weighted by Gasteiger charge is 2.13. The molecule has 0 amide bonds. The lowest BCUT2D eigenvalue weighted by Gasteiger charge is -2.05. The van der Waals surface area contributed by atoms with E-state index in [0.29, 0.717) is 17.8 Å². The first-order valence-corrected chi connectivity index (χ1v) is 4.96. The molecule has 0 aliphatic rings. The van der Waals surface area contributed by atoms with Crippen LogP contribution in [-0.2, 0) is 6.54 Å². The molecule has 0 bridgehead atoms. The summed E-state index contributed by atoms with van der Waals surface area (Å²) in [4.78, 5) is 10.8. The van der Waals surface area contributed by atoms with E-state index in [1.165, 1.54) is 18.4 Å². The molecule has 0 radical (unpaired) electrons. The Morgan fingerprint density at radius 3 is 2.65 bits per heavy atom. The number of aromatic carboxylic acids is 1. The highest BCUT2D eigenvalue weighted by molar-refractivity contribution is 5.86. The predicted molar refractivity (Wildman–Crippen MR) is 59.4 cm³/mol.